The summed E-state index contributed by atoms with van der Waals surface area (Å²) in [5.41, 5.74) is 1.70. The van der Waals surface area contributed by atoms with Crippen LogP contribution in [-0.2, 0) is 19.1 Å². The van der Waals surface area contributed by atoms with Crippen LogP contribution in [0.4, 0.5) is 0 Å². The van der Waals surface area contributed by atoms with Crippen LogP contribution in [-0.4, -0.2) is 45.6 Å². The molecule has 0 fully saturated rings. The maximum atomic E-state index is 10.6. The number of nitrogens with zero attached hydrogens (tertiary/aromatic N) is 4. The normalized spacial score (nSPS) is 14.4. The molecule has 0 amide bonds. The fourth-order valence-corrected chi connectivity index (χ4v) is 2.53. The highest BCUT2D eigenvalue weighted by Crippen LogP contribution is 2.19. The lowest BCUT2D eigenvalue weighted by Crippen LogP contribution is -2.39. The first kappa shape index (κ1) is 19.0. The number of aromatic nitrogens is 3. The van der Waals surface area contributed by atoms with Crippen LogP contribution in [0.3, 0.4) is 0 Å². The van der Waals surface area contributed by atoms with E-state index in [9.17, 15) is 5.11 Å². The lowest BCUT2D eigenvalue weighted by Gasteiger charge is -2.20. The molecule has 8 heteroatoms. The van der Waals surface area contributed by atoms with Gasteiger partial charge in [0, 0.05) is 37.5 Å². The minimum absolute atomic E-state index is 0.235. The molecule has 25 heavy (non-hydrogen) atoms. The Hall–Kier alpha value is -2.35. The van der Waals surface area contributed by atoms with Gasteiger partial charge >= 0.3 is 0 Å². The maximum Gasteiger partial charge on any atom is 0.191 e. The number of nitrogens with one attached hydrogen (secondary N) is 2. The minimum atomic E-state index is -1.07. The molecule has 0 aliphatic rings. The van der Waals surface area contributed by atoms with Gasteiger partial charge in [-0.3, -0.25) is 4.68 Å². The van der Waals surface area contributed by atoms with Crippen LogP contribution < -0.4 is 10.6 Å². The predicted octanol–water partition coefficient (Wildman–Crippen LogP) is 1.03. The third-order valence-corrected chi connectivity index (χ3v) is 4.06. The molecule has 1 unspecified atom stereocenters. The fourth-order valence-electron chi connectivity index (χ4n) is 2.53. The standard InChI is InChI=1S/C17H28N6O2/c1-6-18-16(19-8-7-15-12(2)22-25-13(15)3)20-11-17(4,24)14-9-21-23(5)10-14/h9-10,24H,6-8,11H2,1-5H3,(H2,18,19,20). The average molecular weight is 348 g/mol. The van der Waals surface area contributed by atoms with Crippen molar-refractivity contribution in [2.24, 2.45) is 12.0 Å². The molecule has 2 aromatic rings. The molecule has 8 nitrogen and oxygen atoms in total. The second-order valence-electron chi connectivity index (χ2n) is 6.35. The third kappa shape index (κ3) is 5.06. The van der Waals surface area contributed by atoms with Crippen LogP contribution in [0, 0.1) is 13.8 Å². The number of hydrogen-bond donors (Lipinski definition) is 3. The van der Waals surface area contributed by atoms with Gasteiger partial charge in [-0.25, -0.2) is 4.99 Å². The smallest absolute Gasteiger partial charge is 0.191 e. The Balaban J connectivity index is 1.96. The first-order valence-electron chi connectivity index (χ1n) is 8.49. The summed E-state index contributed by atoms with van der Waals surface area (Å²) in [5.74, 6) is 1.51. The largest absolute Gasteiger partial charge is 0.383 e. The highest BCUT2D eigenvalue weighted by atomic mass is 16.5. The third-order valence-electron chi connectivity index (χ3n) is 4.06. The Morgan fingerprint density at radius 2 is 2.16 bits per heavy atom. The van der Waals surface area contributed by atoms with Crippen LogP contribution in [0.25, 0.3) is 0 Å². The molecule has 0 saturated carbocycles. The number of rotatable bonds is 7. The van der Waals surface area contributed by atoms with Crippen molar-refractivity contribution in [2.75, 3.05) is 19.6 Å². The van der Waals surface area contributed by atoms with Crippen molar-refractivity contribution < 1.29 is 9.63 Å². The summed E-state index contributed by atoms with van der Waals surface area (Å²) in [4.78, 5) is 4.50. The molecule has 138 valence electrons. The lowest BCUT2D eigenvalue weighted by atomic mass is 10.0. The molecule has 0 bridgehead atoms. The zero-order chi connectivity index (χ0) is 18.4. The van der Waals surface area contributed by atoms with E-state index in [4.69, 9.17) is 4.52 Å². The SMILES string of the molecule is CCNC(=NCC(C)(O)c1cnn(C)c1)NCCc1c(C)noc1C. The van der Waals surface area contributed by atoms with E-state index in [1.807, 2.05) is 27.8 Å². The summed E-state index contributed by atoms with van der Waals surface area (Å²) >= 11 is 0. The summed E-state index contributed by atoms with van der Waals surface area (Å²) in [6, 6.07) is 0. The number of hydrogen-bond acceptors (Lipinski definition) is 5. The van der Waals surface area contributed by atoms with Gasteiger partial charge in [0.2, 0.25) is 0 Å². The van der Waals surface area contributed by atoms with Gasteiger partial charge in [0.1, 0.15) is 11.4 Å². The molecule has 0 spiro atoms. The van der Waals surface area contributed by atoms with E-state index in [1.54, 1.807) is 24.0 Å². The first-order chi connectivity index (χ1) is 11.8. The maximum absolute atomic E-state index is 10.6. The van der Waals surface area contributed by atoms with E-state index in [-0.39, 0.29) is 6.54 Å². The van der Waals surface area contributed by atoms with E-state index < -0.39 is 5.60 Å². The average Bonchev–Trinajstić information content (AvgIpc) is 3.13. The molecule has 0 saturated heterocycles. The van der Waals surface area contributed by atoms with Crippen molar-refractivity contribution in [1.29, 1.82) is 0 Å². The summed E-state index contributed by atoms with van der Waals surface area (Å²) in [6.07, 6.45) is 4.26. The Morgan fingerprint density at radius 3 is 2.72 bits per heavy atom. The van der Waals surface area contributed by atoms with E-state index in [2.05, 4.69) is 25.9 Å². The van der Waals surface area contributed by atoms with Crippen molar-refractivity contribution >= 4 is 5.96 Å². The van der Waals surface area contributed by atoms with Gasteiger partial charge < -0.3 is 20.3 Å². The zero-order valence-corrected chi connectivity index (χ0v) is 15.6. The van der Waals surface area contributed by atoms with Crippen molar-refractivity contribution in [3.8, 4) is 0 Å². The number of aliphatic imine (C=N–C) groups is 1. The molecule has 0 aliphatic heterocycles. The molecule has 2 aromatic heterocycles. The summed E-state index contributed by atoms with van der Waals surface area (Å²) < 4.78 is 6.85. The van der Waals surface area contributed by atoms with E-state index in [0.717, 1.165) is 35.5 Å². The number of aliphatic hydroxyl groups is 1. The molecule has 2 heterocycles. The van der Waals surface area contributed by atoms with Crippen LogP contribution in [0.15, 0.2) is 21.9 Å². The van der Waals surface area contributed by atoms with Crippen molar-refractivity contribution in [3.63, 3.8) is 0 Å². The first-order valence-corrected chi connectivity index (χ1v) is 8.49. The predicted molar refractivity (Wildman–Crippen MR) is 96.4 cm³/mol. The van der Waals surface area contributed by atoms with Gasteiger partial charge in [-0.05, 0) is 34.1 Å². The second-order valence-corrected chi connectivity index (χ2v) is 6.35. The number of aryl methyl sites for hydroxylation is 3. The second kappa shape index (κ2) is 8.15. The van der Waals surface area contributed by atoms with Crippen LogP contribution >= 0.6 is 0 Å². The van der Waals surface area contributed by atoms with Crippen molar-refractivity contribution in [1.82, 2.24) is 25.6 Å². The Morgan fingerprint density at radius 1 is 1.40 bits per heavy atom. The highest BCUT2D eigenvalue weighted by Gasteiger charge is 2.24. The monoisotopic (exact) mass is 348 g/mol. The van der Waals surface area contributed by atoms with Gasteiger partial charge in [0.05, 0.1) is 18.4 Å². The Bertz CT molecular complexity index is 697. The Kier molecular flexibility index (Phi) is 6.19. The van der Waals surface area contributed by atoms with Gasteiger partial charge in [-0.1, -0.05) is 5.16 Å². The quantitative estimate of drug-likeness (QED) is 0.510. The molecule has 3 N–H and O–H groups in total. The molecular formula is C17H28N6O2. The van der Waals surface area contributed by atoms with E-state index >= 15 is 0 Å². The summed E-state index contributed by atoms with van der Waals surface area (Å²) in [7, 11) is 1.82. The molecule has 0 radical (unpaired) electrons. The van der Waals surface area contributed by atoms with Crippen LogP contribution in [0.1, 0.15) is 36.4 Å². The summed E-state index contributed by atoms with van der Waals surface area (Å²) in [5, 5.41) is 25.2. The fraction of sp³-hybridized carbons (Fsp3) is 0.588. The molecule has 0 aliphatic carbocycles. The zero-order valence-electron chi connectivity index (χ0n) is 15.6. The van der Waals surface area contributed by atoms with Gasteiger partial charge in [-0.2, -0.15) is 5.10 Å². The lowest BCUT2D eigenvalue weighted by molar-refractivity contribution is 0.0672. The van der Waals surface area contributed by atoms with Crippen molar-refractivity contribution in [2.45, 2.75) is 39.7 Å². The van der Waals surface area contributed by atoms with E-state index in [1.165, 1.54) is 0 Å². The highest BCUT2D eigenvalue weighted by molar-refractivity contribution is 5.79. The van der Waals surface area contributed by atoms with Gasteiger partial charge in [0.15, 0.2) is 5.96 Å². The summed E-state index contributed by atoms with van der Waals surface area (Å²) in [6.45, 7) is 9.27. The Labute approximate surface area is 148 Å². The molecule has 1 atom stereocenters. The minimum Gasteiger partial charge on any atom is -0.383 e. The molecular weight excluding hydrogens is 320 g/mol. The van der Waals surface area contributed by atoms with Crippen LogP contribution in [0.2, 0.25) is 0 Å². The molecule has 0 aromatic carbocycles. The van der Waals surface area contributed by atoms with E-state index in [0.29, 0.717) is 12.5 Å². The number of guanidine groups is 1. The van der Waals surface area contributed by atoms with Crippen molar-refractivity contribution in [3.05, 3.63) is 35.0 Å². The van der Waals surface area contributed by atoms with Crippen LogP contribution in [0.5, 0.6) is 0 Å². The topological polar surface area (TPSA) is 100 Å². The van der Waals surface area contributed by atoms with Gasteiger partial charge in [-0.15, -0.1) is 0 Å². The molecule has 2 rings (SSSR count). The van der Waals surface area contributed by atoms with Gasteiger partial charge in [0.25, 0.3) is 0 Å².